The second-order valence-electron chi connectivity index (χ2n) is 7.90. The molecule has 0 bridgehead atoms. The van der Waals surface area contributed by atoms with E-state index in [0.717, 1.165) is 36.3 Å². The molecule has 0 radical (unpaired) electrons. The Hall–Kier alpha value is -2.56. The van der Waals surface area contributed by atoms with Gasteiger partial charge >= 0.3 is 6.09 Å². The zero-order valence-corrected chi connectivity index (χ0v) is 17.3. The molecule has 1 aliphatic rings. The van der Waals surface area contributed by atoms with Crippen LogP contribution in [-0.4, -0.2) is 34.6 Å². The van der Waals surface area contributed by atoms with E-state index in [9.17, 15) is 4.79 Å². The molecule has 2 heterocycles. The molecule has 2 aromatic rings. The first-order valence-corrected chi connectivity index (χ1v) is 10.2. The van der Waals surface area contributed by atoms with Crippen LogP contribution >= 0.6 is 0 Å². The highest BCUT2D eigenvalue weighted by Gasteiger charge is 2.34. The summed E-state index contributed by atoms with van der Waals surface area (Å²) < 4.78 is 5.61. The molecule has 5 heteroatoms. The lowest BCUT2D eigenvalue weighted by molar-refractivity contribution is 0.0921. The summed E-state index contributed by atoms with van der Waals surface area (Å²) in [5.74, 6) is 0.972. The maximum Gasteiger partial charge on any atom is 0.410 e. The molecule has 0 spiro atoms. The van der Waals surface area contributed by atoms with Gasteiger partial charge in [-0.15, -0.1) is 0 Å². The van der Waals surface area contributed by atoms with Crippen LogP contribution in [0.3, 0.4) is 0 Å². The minimum absolute atomic E-state index is 0.00646. The SMILES string of the molecule is CC(C)N(c1ncccc1C1CCCN1C(=O)OCc1ccccc1)C(C)C. The van der Waals surface area contributed by atoms with E-state index in [4.69, 9.17) is 9.72 Å². The van der Waals surface area contributed by atoms with Crippen molar-refractivity contribution in [2.75, 3.05) is 11.4 Å². The Kier molecular flexibility index (Phi) is 6.55. The van der Waals surface area contributed by atoms with Gasteiger partial charge < -0.3 is 14.5 Å². The topological polar surface area (TPSA) is 45.7 Å². The number of ether oxygens (including phenoxy) is 1. The van der Waals surface area contributed by atoms with E-state index >= 15 is 0 Å². The average Bonchev–Trinajstić information content (AvgIpc) is 3.16. The molecule has 1 unspecified atom stereocenters. The van der Waals surface area contributed by atoms with E-state index in [1.165, 1.54) is 0 Å². The number of hydrogen-bond donors (Lipinski definition) is 0. The van der Waals surface area contributed by atoms with E-state index in [1.54, 1.807) is 0 Å². The summed E-state index contributed by atoms with van der Waals surface area (Å²) in [5.41, 5.74) is 2.11. The van der Waals surface area contributed by atoms with Crippen molar-refractivity contribution in [3.05, 3.63) is 59.8 Å². The van der Waals surface area contributed by atoms with Crippen LogP contribution in [0.15, 0.2) is 48.7 Å². The summed E-state index contributed by atoms with van der Waals surface area (Å²) in [6.45, 7) is 9.74. The van der Waals surface area contributed by atoms with Crippen molar-refractivity contribution in [3.8, 4) is 0 Å². The number of amides is 1. The van der Waals surface area contributed by atoms with Crippen molar-refractivity contribution in [3.63, 3.8) is 0 Å². The van der Waals surface area contributed by atoms with E-state index in [0.29, 0.717) is 18.7 Å². The molecule has 150 valence electrons. The second-order valence-corrected chi connectivity index (χ2v) is 7.90. The Labute approximate surface area is 168 Å². The number of hydrogen-bond acceptors (Lipinski definition) is 4. The number of anilines is 1. The second kappa shape index (κ2) is 9.09. The maximum absolute atomic E-state index is 12.8. The molecule has 1 aromatic carbocycles. The molecule has 28 heavy (non-hydrogen) atoms. The molecule has 1 atom stereocenters. The Bertz CT molecular complexity index is 768. The molecular formula is C23H31N3O2. The number of likely N-dealkylation sites (tertiary alicyclic amines) is 1. The average molecular weight is 382 g/mol. The van der Waals surface area contributed by atoms with Gasteiger partial charge in [-0.25, -0.2) is 9.78 Å². The minimum atomic E-state index is -0.248. The Balaban J connectivity index is 1.80. The summed E-state index contributed by atoms with van der Waals surface area (Å²) in [6.07, 6.45) is 3.50. The molecule has 0 aliphatic carbocycles. The van der Waals surface area contributed by atoms with Crippen molar-refractivity contribution < 1.29 is 9.53 Å². The predicted molar refractivity (Wildman–Crippen MR) is 112 cm³/mol. The van der Waals surface area contributed by atoms with Crippen molar-refractivity contribution >= 4 is 11.9 Å². The van der Waals surface area contributed by atoms with Crippen LogP contribution in [0.2, 0.25) is 0 Å². The van der Waals surface area contributed by atoms with Gasteiger partial charge in [0.1, 0.15) is 12.4 Å². The van der Waals surface area contributed by atoms with Gasteiger partial charge in [0.05, 0.1) is 6.04 Å². The van der Waals surface area contributed by atoms with E-state index in [-0.39, 0.29) is 12.1 Å². The number of pyridine rings is 1. The number of nitrogens with zero attached hydrogens (tertiary/aromatic N) is 3. The Morgan fingerprint density at radius 3 is 2.54 bits per heavy atom. The normalized spacial score (nSPS) is 16.6. The van der Waals surface area contributed by atoms with Crippen molar-refractivity contribution in [2.24, 2.45) is 0 Å². The first kappa shape index (κ1) is 20.2. The molecular weight excluding hydrogens is 350 g/mol. The van der Waals surface area contributed by atoms with Crippen molar-refractivity contribution in [2.45, 2.75) is 65.3 Å². The maximum atomic E-state index is 12.8. The monoisotopic (exact) mass is 381 g/mol. The van der Waals surface area contributed by atoms with Gasteiger partial charge in [0, 0.05) is 30.4 Å². The Morgan fingerprint density at radius 2 is 1.86 bits per heavy atom. The number of aromatic nitrogens is 1. The van der Waals surface area contributed by atoms with Crippen molar-refractivity contribution in [1.82, 2.24) is 9.88 Å². The Morgan fingerprint density at radius 1 is 1.14 bits per heavy atom. The molecule has 1 amide bonds. The lowest BCUT2D eigenvalue weighted by Gasteiger charge is -2.35. The molecule has 1 aromatic heterocycles. The lowest BCUT2D eigenvalue weighted by Crippen LogP contribution is -2.39. The summed E-state index contributed by atoms with van der Waals surface area (Å²) in [5, 5.41) is 0. The van der Waals surface area contributed by atoms with Crippen LogP contribution in [0, 0.1) is 0 Å². The van der Waals surface area contributed by atoms with Gasteiger partial charge in [-0.2, -0.15) is 0 Å². The first-order valence-electron chi connectivity index (χ1n) is 10.2. The zero-order chi connectivity index (χ0) is 20.1. The lowest BCUT2D eigenvalue weighted by atomic mass is 10.0. The fraction of sp³-hybridized carbons (Fsp3) is 0.478. The highest BCUT2D eigenvalue weighted by Crippen LogP contribution is 2.37. The smallest absolute Gasteiger partial charge is 0.410 e. The number of benzene rings is 1. The fourth-order valence-electron chi connectivity index (χ4n) is 4.08. The van der Waals surface area contributed by atoms with Crippen molar-refractivity contribution in [1.29, 1.82) is 0 Å². The number of carbonyl (C=O) groups is 1. The van der Waals surface area contributed by atoms with Crippen LogP contribution < -0.4 is 4.90 Å². The third kappa shape index (κ3) is 4.46. The largest absolute Gasteiger partial charge is 0.445 e. The third-order valence-electron chi connectivity index (χ3n) is 5.23. The fourth-order valence-corrected chi connectivity index (χ4v) is 4.08. The van der Waals surface area contributed by atoms with Crippen LogP contribution in [0.25, 0.3) is 0 Å². The standard InChI is InChI=1S/C23H31N3O2/c1-17(2)26(18(3)4)22-20(12-8-14-24-22)21-13-9-15-25(21)23(27)28-16-19-10-6-5-7-11-19/h5-8,10-12,14,17-18,21H,9,13,15-16H2,1-4H3. The van der Waals surface area contributed by atoms with Gasteiger partial charge in [0.25, 0.3) is 0 Å². The van der Waals surface area contributed by atoms with Gasteiger partial charge in [0.15, 0.2) is 0 Å². The molecule has 1 fully saturated rings. The third-order valence-corrected chi connectivity index (χ3v) is 5.23. The molecule has 5 nitrogen and oxygen atoms in total. The van der Waals surface area contributed by atoms with Gasteiger partial charge in [0.2, 0.25) is 0 Å². The summed E-state index contributed by atoms with van der Waals surface area (Å²) >= 11 is 0. The van der Waals surface area contributed by atoms with E-state index in [1.807, 2.05) is 47.5 Å². The van der Waals surface area contributed by atoms with Gasteiger partial charge in [-0.1, -0.05) is 36.4 Å². The predicted octanol–water partition coefficient (Wildman–Crippen LogP) is 5.18. The summed E-state index contributed by atoms with van der Waals surface area (Å²) in [6, 6.07) is 14.5. The number of rotatable bonds is 6. The van der Waals surface area contributed by atoms with Gasteiger partial charge in [-0.3, -0.25) is 0 Å². The quantitative estimate of drug-likeness (QED) is 0.692. The highest BCUT2D eigenvalue weighted by atomic mass is 16.6. The van der Waals surface area contributed by atoms with E-state index < -0.39 is 0 Å². The van der Waals surface area contributed by atoms with E-state index in [2.05, 4.69) is 38.7 Å². The summed E-state index contributed by atoms with van der Waals surface area (Å²) in [4.78, 5) is 21.7. The van der Waals surface area contributed by atoms with Crippen LogP contribution in [-0.2, 0) is 11.3 Å². The first-order chi connectivity index (χ1) is 13.5. The molecule has 0 N–H and O–H groups in total. The summed E-state index contributed by atoms with van der Waals surface area (Å²) in [7, 11) is 0. The zero-order valence-electron chi connectivity index (χ0n) is 17.3. The molecule has 1 aliphatic heterocycles. The van der Waals surface area contributed by atoms with Gasteiger partial charge in [-0.05, 0) is 52.2 Å². The van der Waals surface area contributed by atoms with Crippen LogP contribution in [0.5, 0.6) is 0 Å². The molecule has 3 rings (SSSR count). The molecule has 0 saturated carbocycles. The van der Waals surface area contributed by atoms with Crippen LogP contribution in [0.1, 0.15) is 57.7 Å². The highest BCUT2D eigenvalue weighted by molar-refractivity contribution is 5.69. The molecule has 1 saturated heterocycles. The van der Waals surface area contributed by atoms with Crippen LogP contribution in [0.4, 0.5) is 10.6 Å². The minimum Gasteiger partial charge on any atom is -0.445 e. The number of carbonyl (C=O) groups excluding carboxylic acids is 1.